The van der Waals surface area contributed by atoms with Crippen LogP contribution in [0.1, 0.15) is 24.3 Å². The van der Waals surface area contributed by atoms with E-state index in [2.05, 4.69) is 5.32 Å². The van der Waals surface area contributed by atoms with Gasteiger partial charge in [-0.25, -0.2) is 0 Å². The Labute approximate surface area is 152 Å². The van der Waals surface area contributed by atoms with Gasteiger partial charge in [0.25, 0.3) is 0 Å². The molecule has 1 aromatic carbocycles. The van der Waals surface area contributed by atoms with Gasteiger partial charge < -0.3 is 10.1 Å². The van der Waals surface area contributed by atoms with E-state index < -0.39 is 0 Å². The summed E-state index contributed by atoms with van der Waals surface area (Å²) in [6.07, 6.45) is 0.844. The highest BCUT2D eigenvalue weighted by atomic mass is 35.5. The first kappa shape index (κ1) is 18.8. The van der Waals surface area contributed by atoms with Crippen LogP contribution in [0.4, 0.5) is 0 Å². The van der Waals surface area contributed by atoms with Crippen LogP contribution in [0.25, 0.3) is 0 Å². The van der Waals surface area contributed by atoms with Crippen LogP contribution >= 0.6 is 22.9 Å². The summed E-state index contributed by atoms with van der Waals surface area (Å²) < 4.78 is 5.65. The normalized spacial score (nSPS) is 12.2. The van der Waals surface area contributed by atoms with E-state index in [1.165, 1.54) is 4.88 Å². The fourth-order valence-corrected chi connectivity index (χ4v) is 3.22. The third kappa shape index (κ3) is 6.51. The maximum absolute atomic E-state index is 12.1. The maximum Gasteiger partial charge on any atom is 0.234 e. The van der Waals surface area contributed by atoms with Gasteiger partial charge >= 0.3 is 0 Å². The summed E-state index contributed by atoms with van der Waals surface area (Å²) in [5.74, 6) is 0.807. The zero-order valence-electron chi connectivity index (χ0n) is 14.0. The molecule has 6 heteroatoms. The Bertz CT molecular complexity index is 634. The van der Waals surface area contributed by atoms with Crippen LogP contribution in [0.15, 0.2) is 41.8 Å². The number of likely N-dealkylation sites (N-methyl/N-ethyl adjacent to an activating group) is 1. The van der Waals surface area contributed by atoms with Crippen LogP contribution in [0, 0.1) is 0 Å². The van der Waals surface area contributed by atoms with Gasteiger partial charge in [0.1, 0.15) is 5.75 Å². The van der Waals surface area contributed by atoms with Gasteiger partial charge in [0, 0.05) is 16.4 Å². The van der Waals surface area contributed by atoms with Gasteiger partial charge in [-0.05, 0) is 50.0 Å². The number of ether oxygens (including phenoxy) is 1. The number of thiophene rings is 1. The number of amides is 1. The van der Waals surface area contributed by atoms with Crippen molar-refractivity contribution in [2.24, 2.45) is 0 Å². The average Bonchev–Trinajstić information content (AvgIpc) is 3.06. The first-order valence-corrected chi connectivity index (χ1v) is 9.20. The quantitative estimate of drug-likeness (QED) is 0.682. The van der Waals surface area contributed by atoms with Gasteiger partial charge in [-0.2, -0.15) is 0 Å². The zero-order valence-corrected chi connectivity index (χ0v) is 15.6. The third-order valence-electron chi connectivity index (χ3n) is 3.51. The topological polar surface area (TPSA) is 41.6 Å². The van der Waals surface area contributed by atoms with Crippen molar-refractivity contribution >= 4 is 28.8 Å². The monoisotopic (exact) mass is 366 g/mol. The largest absolute Gasteiger partial charge is 0.493 e. The summed E-state index contributed by atoms with van der Waals surface area (Å²) in [5.41, 5.74) is 0. The molecular formula is C18H23ClN2O2S. The molecule has 130 valence electrons. The van der Waals surface area contributed by atoms with Gasteiger partial charge in [-0.3, -0.25) is 9.69 Å². The predicted octanol–water partition coefficient (Wildman–Crippen LogP) is 3.98. The number of halogens is 1. The van der Waals surface area contributed by atoms with E-state index in [-0.39, 0.29) is 11.9 Å². The summed E-state index contributed by atoms with van der Waals surface area (Å²) in [6.45, 7) is 3.77. The molecule has 0 saturated heterocycles. The van der Waals surface area contributed by atoms with Crippen molar-refractivity contribution in [2.45, 2.75) is 19.4 Å². The molecule has 0 fully saturated rings. The van der Waals surface area contributed by atoms with Crippen molar-refractivity contribution in [3.8, 4) is 5.75 Å². The van der Waals surface area contributed by atoms with Gasteiger partial charge in [0.15, 0.2) is 0 Å². The Balaban J connectivity index is 1.62. The number of nitrogens with one attached hydrogen (secondary N) is 1. The van der Waals surface area contributed by atoms with Crippen LogP contribution in [0.3, 0.4) is 0 Å². The lowest BCUT2D eigenvalue weighted by atomic mass is 10.2. The van der Waals surface area contributed by atoms with E-state index in [9.17, 15) is 4.79 Å². The lowest BCUT2D eigenvalue weighted by molar-refractivity contribution is -0.122. The van der Waals surface area contributed by atoms with Crippen molar-refractivity contribution in [3.05, 3.63) is 51.7 Å². The molecule has 0 saturated carbocycles. The van der Waals surface area contributed by atoms with Crippen molar-refractivity contribution in [3.63, 3.8) is 0 Å². The van der Waals surface area contributed by atoms with Crippen LogP contribution < -0.4 is 10.1 Å². The summed E-state index contributed by atoms with van der Waals surface area (Å²) in [7, 11) is 1.94. The number of hydrogen-bond acceptors (Lipinski definition) is 4. The Hall–Kier alpha value is -1.56. The van der Waals surface area contributed by atoms with Gasteiger partial charge in [0.2, 0.25) is 5.91 Å². The smallest absolute Gasteiger partial charge is 0.234 e. The molecule has 24 heavy (non-hydrogen) atoms. The molecule has 0 aliphatic carbocycles. The Morgan fingerprint density at radius 2 is 2.21 bits per heavy atom. The fraction of sp³-hybridized carbons (Fsp3) is 0.389. The molecule has 2 aromatic rings. The minimum absolute atomic E-state index is 0.0363. The highest BCUT2D eigenvalue weighted by Gasteiger charge is 2.12. The third-order valence-corrected chi connectivity index (χ3v) is 4.80. The Kier molecular flexibility index (Phi) is 7.56. The van der Waals surface area contributed by atoms with E-state index in [0.29, 0.717) is 18.2 Å². The van der Waals surface area contributed by atoms with E-state index in [4.69, 9.17) is 16.3 Å². The molecule has 2 rings (SSSR count). The standard InChI is InChI=1S/C18H23ClN2O2S/c1-14(17-8-4-11-24-17)20-18(22)13-21(2)9-5-10-23-16-7-3-6-15(19)12-16/h3-4,6-8,11-12,14H,5,9-10,13H2,1-2H3,(H,20,22). The summed E-state index contributed by atoms with van der Waals surface area (Å²) in [6, 6.07) is 11.4. The molecule has 1 aromatic heterocycles. The second-order valence-corrected chi connectivity index (χ2v) is 7.12. The molecular weight excluding hydrogens is 344 g/mol. The fourth-order valence-electron chi connectivity index (χ4n) is 2.30. The highest BCUT2D eigenvalue weighted by molar-refractivity contribution is 7.10. The molecule has 1 N–H and O–H groups in total. The molecule has 1 atom stereocenters. The van der Waals surface area contributed by atoms with E-state index >= 15 is 0 Å². The van der Waals surface area contributed by atoms with Crippen LogP contribution in [0.2, 0.25) is 5.02 Å². The van der Waals surface area contributed by atoms with Crippen LogP contribution in [0.5, 0.6) is 5.75 Å². The van der Waals surface area contributed by atoms with Crippen molar-refractivity contribution < 1.29 is 9.53 Å². The molecule has 0 spiro atoms. The number of hydrogen-bond donors (Lipinski definition) is 1. The van der Waals surface area contributed by atoms with Crippen molar-refractivity contribution in [1.82, 2.24) is 10.2 Å². The SMILES string of the molecule is CC(NC(=O)CN(C)CCCOc1cccc(Cl)c1)c1cccs1. The van der Waals surface area contributed by atoms with E-state index in [1.54, 1.807) is 17.4 Å². The maximum atomic E-state index is 12.1. The number of rotatable bonds is 9. The summed E-state index contributed by atoms with van der Waals surface area (Å²) >= 11 is 7.57. The second-order valence-electron chi connectivity index (χ2n) is 5.70. The summed E-state index contributed by atoms with van der Waals surface area (Å²) in [4.78, 5) is 15.2. The minimum Gasteiger partial charge on any atom is -0.493 e. The number of nitrogens with zero attached hydrogens (tertiary/aromatic N) is 1. The van der Waals surface area contributed by atoms with Crippen molar-refractivity contribution in [2.75, 3.05) is 26.7 Å². The lowest BCUT2D eigenvalue weighted by Gasteiger charge is -2.18. The lowest BCUT2D eigenvalue weighted by Crippen LogP contribution is -2.36. The molecule has 1 heterocycles. The predicted molar refractivity (Wildman–Crippen MR) is 99.9 cm³/mol. The number of carbonyl (C=O) groups excluding carboxylic acids is 1. The van der Waals surface area contributed by atoms with Crippen molar-refractivity contribution in [1.29, 1.82) is 0 Å². The summed E-state index contributed by atoms with van der Waals surface area (Å²) in [5, 5.41) is 5.71. The average molecular weight is 367 g/mol. The molecule has 0 aliphatic rings. The first-order chi connectivity index (χ1) is 11.5. The minimum atomic E-state index is 0.0363. The first-order valence-electron chi connectivity index (χ1n) is 7.94. The molecule has 1 unspecified atom stereocenters. The number of benzene rings is 1. The molecule has 1 amide bonds. The van der Waals surface area contributed by atoms with Crippen LogP contribution in [-0.2, 0) is 4.79 Å². The molecule has 4 nitrogen and oxygen atoms in total. The molecule has 0 bridgehead atoms. The van der Waals surface area contributed by atoms with Gasteiger partial charge in [0.05, 0.1) is 19.2 Å². The Morgan fingerprint density at radius 1 is 1.38 bits per heavy atom. The van der Waals surface area contributed by atoms with Gasteiger partial charge in [-0.1, -0.05) is 23.7 Å². The molecule has 0 aliphatic heterocycles. The Morgan fingerprint density at radius 3 is 2.92 bits per heavy atom. The van der Waals surface area contributed by atoms with E-state index in [1.807, 2.05) is 54.6 Å². The highest BCUT2D eigenvalue weighted by Crippen LogP contribution is 2.18. The molecule has 0 radical (unpaired) electrons. The zero-order chi connectivity index (χ0) is 17.4. The second kappa shape index (κ2) is 9.67. The van der Waals surface area contributed by atoms with Gasteiger partial charge in [-0.15, -0.1) is 11.3 Å². The number of carbonyl (C=O) groups is 1. The van der Waals surface area contributed by atoms with Crippen LogP contribution in [-0.4, -0.2) is 37.6 Å². The van der Waals surface area contributed by atoms with E-state index in [0.717, 1.165) is 18.7 Å².